The quantitative estimate of drug-likeness (QED) is 0.692. The third-order valence-electron chi connectivity index (χ3n) is 3.41. The number of nitrogens with one attached hydrogen (secondary N) is 1. The van der Waals surface area contributed by atoms with Gasteiger partial charge in [-0.2, -0.15) is 0 Å². The summed E-state index contributed by atoms with van der Waals surface area (Å²) >= 11 is 0. The molecule has 1 amide bonds. The number of non-ortho nitro benzene ring substituents is 1. The lowest BCUT2D eigenvalue weighted by Gasteiger charge is -2.10. The maximum Gasteiger partial charge on any atom is 0.273 e. The van der Waals surface area contributed by atoms with Crippen LogP contribution in [0.25, 0.3) is 0 Å². The van der Waals surface area contributed by atoms with Crippen molar-refractivity contribution in [3.63, 3.8) is 0 Å². The topological polar surface area (TPSA) is 81.5 Å². The third-order valence-corrected chi connectivity index (χ3v) is 3.41. The van der Waals surface area contributed by atoms with Crippen LogP contribution in [0.4, 0.5) is 11.4 Å². The summed E-state index contributed by atoms with van der Waals surface area (Å²) in [6.45, 7) is 3.90. The number of rotatable bonds is 4. The number of aryl methyl sites for hydroxylation is 2. The summed E-state index contributed by atoms with van der Waals surface area (Å²) in [5, 5.41) is 13.5. The van der Waals surface area contributed by atoms with Crippen LogP contribution >= 0.6 is 0 Å². The summed E-state index contributed by atoms with van der Waals surface area (Å²) in [6, 6.07) is 9.44. The Morgan fingerprint density at radius 3 is 2.45 bits per heavy atom. The predicted molar refractivity (Wildman–Crippen MR) is 83.5 cm³/mol. The molecule has 0 aliphatic rings. The van der Waals surface area contributed by atoms with Crippen LogP contribution in [-0.2, 0) is 0 Å². The zero-order valence-electron chi connectivity index (χ0n) is 12.5. The van der Waals surface area contributed by atoms with Crippen molar-refractivity contribution in [1.29, 1.82) is 0 Å². The summed E-state index contributed by atoms with van der Waals surface area (Å²) < 4.78 is 5.10. The van der Waals surface area contributed by atoms with Gasteiger partial charge in [-0.05, 0) is 43.2 Å². The van der Waals surface area contributed by atoms with Crippen molar-refractivity contribution in [3.05, 3.63) is 63.2 Å². The fourth-order valence-electron chi connectivity index (χ4n) is 1.97. The summed E-state index contributed by atoms with van der Waals surface area (Å²) in [6.07, 6.45) is 0. The standard InChI is InChI=1S/C16H16N2O4/c1-10-4-5-12(8-11(10)2)16(19)17-14-7-6-13(18(20)21)9-15(14)22-3/h4-9H,1-3H3,(H,17,19). The Balaban J connectivity index is 2.27. The van der Waals surface area contributed by atoms with Crippen LogP contribution in [-0.4, -0.2) is 17.9 Å². The number of nitro benzene ring substituents is 1. The molecule has 1 N–H and O–H groups in total. The van der Waals surface area contributed by atoms with Gasteiger partial charge < -0.3 is 10.1 Å². The van der Waals surface area contributed by atoms with Gasteiger partial charge in [0.2, 0.25) is 0 Å². The van der Waals surface area contributed by atoms with Gasteiger partial charge in [-0.1, -0.05) is 6.07 Å². The lowest BCUT2D eigenvalue weighted by Crippen LogP contribution is -2.13. The Morgan fingerprint density at radius 1 is 1.14 bits per heavy atom. The number of methoxy groups -OCH3 is 1. The van der Waals surface area contributed by atoms with E-state index >= 15 is 0 Å². The highest BCUT2D eigenvalue weighted by Gasteiger charge is 2.14. The zero-order valence-corrected chi connectivity index (χ0v) is 12.5. The van der Waals surface area contributed by atoms with Crippen molar-refractivity contribution in [3.8, 4) is 5.75 Å². The Hall–Kier alpha value is -2.89. The molecule has 0 saturated heterocycles. The van der Waals surface area contributed by atoms with E-state index in [1.807, 2.05) is 19.9 Å². The molecular weight excluding hydrogens is 284 g/mol. The highest BCUT2D eigenvalue weighted by atomic mass is 16.6. The fourth-order valence-corrected chi connectivity index (χ4v) is 1.97. The van der Waals surface area contributed by atoms with Crippen molar-refractivity contribution in [2.45, 2.75) is 13.8 Å². The first-order chi connectivity index (χ1) is 10.4. The molecular formula is C16H16N2O4. The molecule has 0 saturated carbocycles. The predicted octanol–water partition coefficient (Wildman–Crippen LogP) is 3.47. The molecule has 6 nitrogen and oxygen atoms in total. The molecule has 114 valence electrons. The highest BCUT2D eigenvalue weighted by Crippen LogP contribution is 2.29. The molecule has 6 heteroatoms. The minimum atomic E-state index is -0.516. The Morgan fingerprint density at radius 2 is 1.86 bits per heavy atom. The molecule has 0 atom stereocenters. The van der Waals surface area contributed by atoms with E-state index in [-0.39, 0.29) is 17.3 Å². The molecule has 0 radical (unpaired) electrons. The number of amides is 1. The summed E-state index contributed by atoms with van der Waals surface area (Å²) in [4.78, 5) is 22.5. The number of anilines is 1. The van der Waals surface area contributed by atoms with E-state index in [1.165, 1.54) is 25.3 Å². The number of carbonyl (C=O) groups is 1. The Kier molecular flexibility index (Phi) is 4.41. The molecule has 0 unspecified atom stereocenters. The SMILES string of the molecule is COc1cc([N+](=O)[O-])ccc1NC(=O)c1ccc(C)c(C)c1. The van der Waals surface area contributed by atoms with Crippen molar-refractivity contribution in [2.75, 3.05) is 12.4 Å². The van der Waals surface area contributed by atoms with Gasteiger partial charge >= 0.3 is 0 Å². The first-order valence-corrected chi connectivity index (χ1v) is 6.63. The number of hydrogen-bond donors (Lipinski definition) is 1. The van der Waals surface area contributed by atoms with Gasteiger partial charge in [0.1, 0.15) is 5.75 Å². The smallest absolute Gasteiger partial charge is 0.273 e. The molecule has 0 aliphatic heterocycles. The Bertz CT molecular complexity index is 741. The van der Waals surface area contributed by atoms with E-state index in [0.29, 0.717) is 11.3 Å². The van der Waals surface area contributed by atoms with Crippen LogP contribution in [0.15, 0.2) is 36.4 Å². The lowest BCUT2D eigenvalue weighted by atomic mass is 10.1. The molecule has 2 aromatic carbocycles. The molecule has 0 aliphatic carbocycles. The minimum absolute atomic E-state index is 0.0963. The van der Waals surface area contributed by atoms with Crippen LogP contribution in [0.1, 0.15) is 21.5 Å². The molecule has 0 spiro atoms. The number of hydrogen-bond acceptors (Lipinski definition) is 4. The maximum absolute atomic E-state index is 12.3. The number of nitro groups is 1. The molecule has 0 bridgehead atoms. The van der Waals surface area contributed by atoms with Crippen LogP contribution in [0, 0.1) is 24.0 Å². The molecule has 0 fully saturated rings. The molecule has 0 heterocycles. The van der Waals surface area contributed by atoms with Gasteiger partial charge in [0.05, 0.1) is 23.8 Å². The van der Waals surface area contributed by atoms with E-state index in [0.717, 1.165) is 11.1 Å². The van der Waals surface area contributed by atoms with Crippen LogP contribution < -0.4 is 10.1 Å². The van der Waals surface area contributed by atoms with Crippen LogP contribution in [0.5, 0.6) is 5.75 Å². The van der Waals surface area contributed by atoms with Crippen LogP contribution in [0.2, 0.25) is 0 Å². The molecule has 0 aromatic heterocycles. The maximum atomic E-state index is 12.3. The largest absolute Gasteiger partial charge is 0.494 e. The second-order valence-electron chi connectivity index (χ2n) is 4.89. The summed E-state index contributed by atoms with van der Waals surface area (Å²) in [5.74, 6) is -0.0540. The average Bonchev–Trinajstić information content (AvgIpc) is 2.50. The first-order valence-electron chi connectivity index (χ1n) is 6.63. The normalized spacial score (nSPS) is 10.1. The van der Waals surface area contributed by atoms with E-state index in [9.17, 15) is 14.9 Å². The van der Waals surface area contributed by atoms with E-state index in [4.69, 9.17) is 4.74 Å². The van der Waals surface area contributed by atoms with Gasteiger partial charge in [0.15, 0.2) is 0 Å². The van der Waals surface area contributed by atoms with Gasteiger partial charge in [0, 0.05) is 11.6 Å². The minimum Gasteiger partial charge on any atom is -0.494 e. The van der Waals surface area contributed by atoms with E-state index in [2.05, 4.69) is 5.32 Å². The Labute approximate surface area is 127 Å². The number of benzene rings is 2. The number of nitrogens with zero attached hydrogens (tertiary/aromatic N) is 1. The van der Waals surface area contributed by atoms with Crippen molar-refractivity contribution < 1.29 is 14.5 Å². The van der Waals surface area contributed by atoms with E-state index in [1.54, 1.807) is 12.1 Å². The molecule has 22 heavy (non-hydrogen) atoms. The van der Waals surface area contributed by atoms with Gasteiger partial charge in [-0.15, -0.1) is 0 Å². The van der Waals surface area contributed by atoms with Gasteiger partial charge in [-0.25, -0.2) is 0 Å². The highest BCUT2D eigenvalue weighted by molar-refractivity contribution is 6.05. The summed E-state index contributed by atoms with van der Waals surface area (Å²) in [5.41, 5.74) is 2.92. The number of carbonyl (C=O) groups excluding carboxylic acids is 1. The third kappa shape index (κ3) is 3.22. The van der Waals surface area contributed by atoms with Crippen LogP contribution in [0.3, 0.4) is 0 Å². The first kappa shape index (κ1) is 15.5. The van der Waals surface area contributed by atoms with Crippen molar-refractivity contribution in [1.82, 2.24) is 0 Å². The van der Waals surface area contributed by atoms with Gasteiger partial charge in [0.25, 0.3) is 11.6 Å². The summed E-state index contributed by atoms with van der Waals surface area (Å²) in [7, 11) is 1.39. The second-order valence-corrected chi connectivity index (χ2v) is 4.89. The molecule has 2 rings (SSSR count). The zero-order chi connectivity index (χ0) is 16.3. The monoisotopic (exact) mass is 300 g/mol. The molecule has 2 aromatic rings. The average molecular weight is 300 g/mol. The second kappa shape index (κ2) is 6.26. The lowest BCUT2D eigenvalue weighted by molar-refractivity contribution is -0.384. The van der Waals surface area contributed by atoms with Gasteiger partial charge in [-0.3, -0.25) is 14.9 Å². The van der Waals surface area contributed by atoms with Crippen molar-refractivity contribution in [2.24, 2.45) is 0 Å². The van der Waals surface area contributed by atoms with E-state index < -0.39 is 4.92 Å². The van der Waals surface area contributed by atoms with Crippen molar-refractivity contribution >= 4 is 17.3 Å². The number of ether oxygens (including phenoxy) is 1. The fraction of sp³-hybridized carbons (Fsp3) is 0.188.